The van der Waals surface area contributed by atoms with Crippen LogP contribution in [0.15, 0.2) is 15.5 Å². The zero-order valence-corrected chi connectivity index (χ0v) is 20.4. The molecule has 1 atom stereocenters. The number of carbonyl (C=O) groups excluding carboxylic acids is 2. The zero-order valence-electron chi connectivity index (χ0n) is 19.6. The Balaban J connectivity index is 1.99. The van der Waals surface area contributed by atoms with Gasteiger partial charge >= 0.3 is 5.97 Å². The number of sulfonamides is 1. The maximum Gasteiger partial charge on any atom is 0.307 e. The summed E-state index contributed by atoms with van der Waals surface area (Å²) < 4.78 is 38.4. The van der Waals surface area contributed by atoms with Crippen molar-refractivity contribution in [3.05, 3.63) is 39.6 Å². The summed E-state index contributed by atoms with van der Waals surface area (Å²) in [5.41, 5.74) is 4.28. The van der Waals surface area contributed by atoms with Crippen LogP contribution in [0.4, 0.5) is 5.82 Å². The molecule has 32 heavy (non-hydrogen) atoms. The van der Waals surface area contributed by atoms with E-state index in [0.29, 0.717) is 16.9 Å². The van der Waals surface area contributed by atoms with Gasteiger partial charge in [-0.25, -0.2) is 13.1 Å². The summed E-state index contributed by atoms with van der Waals surface area (Å²) in [7, 11) is -3.82. The first-order chi connectivity index (χ1) is 14.9. The van der Waals surface area contributed by atoms with Crippen molar-refractivity contribution in [1.82, 2.24) is 9.88 Å². The number of amides is 1. The van der Waals surface area contributed by atoms with Crippen molar-refractivity contribution < 1.29 is 27.3 Å². The molecule has 2 N–H and O–H groups in total. The fourth-order valence-corrected chi connectivity index (χ4v) is 5.03. The van der Waals surface area contributed by atoms with Crippen LogP contribution in [-0.4, -0.2) is 38.1 Å². The van der Waals surface area contributed by atoms with Gasteiger partial charge in [0.2, 0.25) is 10.0 Å². The van der Waals surface area contributed by atoms with Gasteiger partial charge in [-0.3, -0.25) is 9.59 Å². The van der Waals surface area contributed by atoms with E-state index in [1.807, 2.05) is 20.8 Å². The average Bonchev–Trinajstić information content (AvgIpc) is 3.13. The van der Waals surface area contributed by atoms with Gasteiger partial charge < -0.3 is 14.6 Å². The fraction of sp³-hybridized carbons (Fsp3) is 0.500. The summed E-state index contributed by atoms with van der Waals surface area (Å²) in [4.78, 5) is 24.7. The maximum absolute atomic E-state index is 12.9. The van der Waals surface area contributed by atoms with Gasteiger partial charge in [-0.2, -0.15) is 0 Å². The second-order valence-corrected chi connectivity index (χ2v) is 9.50. The highest BCUT2D eigenvalue weighted by atomic mass is 32.2. The minimum atomic E-state index is -3.82. The zero-order chi connectivity index (χ0) is 24.2. The molecule has 0 saturated carbocycles. The Kier molecular flexibility index (Phi) is 8.19. The molecule has 0 bridgehead atoms. The lowest BCUT2D eigenvalue weighted by atomic mass is 9.95. The molecular weight excluding hydrogens is 434 g/mol. The Morgan fingerprint density at radius 3 is 2.09 bits per heavy atom. The molecule has 0 spiro atoms. The molecule has 1 amide bonds. The van der Waals surface area contributed by atoms with Crippen molar-refractivity contribution >= 4 is 27.7 Å². The first kappa shape index (κ1) is 25.5. The highest BCUT2D eigenvalue weighted by Gasteiger charge is 2.25. The number of aryl methyl sites for hydroxylation is 1. The normalized spacial score (nSPS) is 12.5. The predicted molar refractivity (Wildman–Crippen MR) is 120 cm³/mol. The Morgan fingerprint density at radius 2 is 1.59 bits per heavy atom. The van der Waals surface area contributed by atoms with E-state index in [0.717, 1.165) is 16.7 Å². The molecule has 0 radical (unpaired) electrons. The summed E-state index contributed by atoms with van der Waals surface area (Å²) in [6, 6.07) is 1.54. The van der Waals surface area contributed by atoms with Crippen molar-refractivity contribution in [2.75, 3.05) is 11.9 Å². The van der Waals surface area contributed by atoms with Crippen LogP contribution in [0, 0.1) is 41.5 Å². The molecule has 2 aromatic rings. The molecule has 176 valence electrons. The van der Waals surface area contributed by atoms with Crippen LogP contribution in [-0.2, 0) is 24.3 Å². The van der Waals surface area contributed by atoms with Crippen molar-refractivity contribution in [2.24, 2.45) is 0 Å². The molecule has 9 nitrogen and oxygen atoms in total. The van der Waals surface area contributed by atoms with E-state index in [4.69, 9.17) is 9.26 Å². The standard InChI is InChI=1S/C22H31N3O6S/c1-8-18(22(27)24-19-11-12(2)31-25-19)30-20(26)9-10-23-32(28,29)21-16(6)14(4)13(3)15(5)17(21)7/h11,18,23H,8-10H2,1-7H3,(H,24,25,27). The molecule has 0 fully saturated rings. The average molecular weight is 466 g/mol. The number of hydrogen-bond donors (Lipinski definition) is 2. The van der Waals surface area contributed by atoms with Crippen LogP contribution in [0.2, 0.25) is 0 Å². The number of benzene rings is 1. The lowest BCUT2D eigenvalue weighted by Gasteiger charge is -2.19. The number of carbonyl (C=O) groups is 2. The largest absolute Gasteiger partial charge is 0.452 e. The first-order valence-electron chi connectivity index (χ1n) is 10.4. The molecule has 1 aromatic heterocycles. The summed E-state index contributed by atoms with van der Waals surface area (Å²) in [5.74, 6) is -0.464. The lowest BCUT2D eigenvalue weighted by molar-refractivity contribution is -0.154. The number of hydrogen-bond acceptors (Lipinski definition) is 7. The Bertz CT molecular complexity index is 1090. The Labute approximate surface area is 188 Å². The maximum atomic E-state index is 12.9. The summed E-state index contributed by atoms with van der Waals surface area (Å²) in [5, 5.41) is 6.18. The van der Waals surface area contributed by atoms with Gasteiger partial charge in [-0.15, -0.1) is 0 Å². The number of aromatic nitrogens is 1. The minimum absolute atomic E-state index is 0.146. The predicted octanol–water partition coefficient (Wildman–Crippen LogP) is 3.15. The highest BCUT2D eigenvalue weighted by molar-refractivity contribution is 7.89. The van der Waals surface area contributed by atoms with E-state index < -0.39 is 28.0 Å². The summed E-state index contributed by atoms with van der Waals surface area (Å²) >= 11 is 0. The van der Waals surface area contributed by atoms with Crippen LogP contribution in [0.1, 0.15) is 53.3 Å². The van der Waals surface area contributed by atoms with Crippen LogP contribution in [0.3, 0.4) is 0 Å². The van der Waals surface area contributed by atoms with Crippen LogP contribution in [0.25, 0.3) is 0 Å². The number of ether oxygens (including phenoxy) is 1. The molecule has 10 heteroatoms. The van der Waals surface area contributed by atoms with Gasteiger partial charge in [-0.05, 0) is 75.8 Å². The Hall–Kier alpha value is -2.72. The van der Waals surface area contributed by atoms with Crippen molar-refractivity contribution in [3.63, 3.8) is 0 Å². The van der Waals surface area contributed by atoms with E-state index in [1.165, 1.54) is 0 Å². The van der Waals surface area contributed by atoms with Crippen molar-refractivity contribution in [3.8, 4) is 0 Å². The number of anilines is 1. The first-order valence-corrected chi connectivity index (χ1v) is 11.9. The lowest BCUT2D eigenvalue weighted by Crippen LogP contribution is -2.34. The van der Waals surface area contributed by atoms with E-state index in [2.05, 4.69) is 15.2 Å². The van der Waals surface area contributed by atoms with Gasteiger partial charge in [-0.1, -0.05) is 12.1 Å². The van der Waals surface area contributed by atoms with Gasteiger partial charge in [0.1, 0.15) is 5.76 Å². The molecule has 1 unspecified atom stereocenters. The number of rotatable bonds is 9. The molecule has 0 aliphatic carbocycles. The number of nitrogens with one attached hydrogen (secondary N) is 2. The molecule has 2 rings (SSSR count). The van der Waals surface area contributed by atoms with Gasteiger partial charge in [0.05, 0.1) is 11.3 Å². The minimum Gasteiger partial charge on any atom is -0.452 e. The Morgan fingerprint density at radius 1 is 1.03 bits per heavy atom. The van der Waals surface area contributed by atoms with Crippen LogP contribution < -0.4 is 10.0 Å². The van der Waals surface area contributed by atoms with Crippen LogP contribution in [0.5, 0.6) is 0 Å². The molecule has 1 heterocycles. The van der Waals surface area contributed by atoms with E-state index in [-0.39, 0.29) is 30.1 Å². The van der Waals surface area contributed by atoms with E-state index >= 15 is 0 Å². The summed E-state index contributed by atoms with van der Waals surface area (Å²) in [6.07, 6.45) is -0.989. The van der Waals surface area contributed by atoms with Crippen molar-refractivity contribution in [1.29, 1.82) is 0 Å². The number of nitrogens with zero attached hydrogens (tertiary/aromatic N) is 1. The van der Waals surface area contributed by atoms with Crippen LogP contribution >= 0.6 is 0 Å². The van der Waals surface area contributed by atoms with E-state index in [1.54, 1.807) is 33.8 Å². The third-order valence-electron chi connectivity index (χ3n) is 5.64. The fourth-order valence-electron chi connectivity index (χ4n) is 3.40. The highest BCUT2D eigenvalue weighted by Crippen LogP contribution is 2.29. The molecule has 1 aromatic carbocycles. The molecule has 0 aliphatic rings. The topological polar surface area (TPSA) is 128 Å². The second-order valence-electron chi connectivity index (χ2n) is 7.80. The second kappa shape index (κ2) is 10.3. The van der Waals surface area contributed by atoms with Gasteiger partial charge in [0.25, 0.3) is 5.91 Å². The molecule has 0 aliphatic heterocycles. The molecular formula is C22H31N3O6S. The molecule has 0 saturated heterocycles. The van der Waals surface area contributed by atoms with Crippen molar-refractivity contribution in [2.45, 2.75) is 72.3 Å². The smallest absolute Gasteiger partial charge is 0.307 e. The third-order valence-corrected chi connectivity index (χ3v) is 7.37. The number of esters is 1. The van der Waals surface area contributed by atoms with Gasteiger partial charge in [0.15, 0.2) is 11.9 Å². The van der Waals surface area contributed by atoms with E-state index in [9.17, 15) is 18.0 Å². The quantitative estimate of drug-likeness (QED) is 0.545. The monoisotopic (exact) mass is 465 g/mol. The summed E-state index contributed by atoms with van der Waals surface area (Å²) in [6.45, 7) is 12.5. The third kappa shape index (κ3) is 5.74. The van der Waals surface area contributed by atoms with Gasteiger partial charge in [0, 0.05) is 12.6 Å². The SMILES string of the molecule is CCC(OC(=O)CCNS(=O)(=O)c1c(C)c(C)c(C)c(C)c1C)C(=O)Nc1cc(C)on1.